The summed E-state index contributed by atoms with van der Waals surface area (Å²) < 4.78 is 1.94. The Bertz CT molecular complexity index is 540. The van der Waals surface area contributed by atoms with Crippen LogP contribution in [0.25, 0.3) is 0 Å². The number of anilines is 1. The normalized spacial score (nSPS) is 10.9. The number of nitrogens with one attached hydrogen (secondary N) is 1. The molecule has 0 amide bonds. The van der Waals surface area contributed by atoms with Crippen molar-refractivity contribution in [3.05, 3.63) is 37.3 Å². The quantitative estimate of drug-likeness (QED) is 0.762. The molecule has 0 saturated carbocycles. The summed E-state index contributed by atoms with van der Waals surface area (Å²) in [6.45, 7) is 4.95. The summed E-state index contributed by atoms with van der Waals surface area (Å²) in [7, 11) is 0. The highest BCUT2D eigenvalue weighted by molar-refractivity contribution is 9.10. The molecule has 0 fully saturated rings. The molecule has 0 atom stereocenters. The average Bonchev–Trinajstić information content (AvgIpc) is 2.72. The molecule has 2 rings (SSSR count). The molecule has 0 saturated heterocycles. The fraction of sp³-hybridized carbons (Fsp3) is 0.333. The lowest BCUT2D eigenvalue weighted by atomic mass is 10.2. The fourth-order valence-electron chi connectivity index (χ4n) is 1.41. The maximum Gasteiger partial charge on any atom is 0.134 e. The second-order valence-corrected chi connectivity index (χ2v) is 6.90. The standard InChI is InChI=1S/C12H13Br2N3S/c1-7(2)12-16-10(14)4-11(17-12)15-5-9-3-8(13)6-18-9/h3-4,6-7H,5H2,1-2H3,(H,15,16,17). The van der Waals surface area contributed by atoms with Gasteiger partial charge in [-0.1, -0.05) is 13.8 Å². The predicted molar refractivity (Wildman–Crippen MR) is 83.2 cm³/mol. The van der Waals surface area contributed by atoms with E-state index in [1.54, 1.807) is 11.3 Å². The molecule has 0 aliphatic heterocycles. The number of hydrogen-bond donors (Lipinski definition) is 1. The Labute approximate surface area is 127 Å². The molecule has 3 nitrogen and oxygen atoms in total. The van der Waals surface area contributed by atoms with E-state index in [0.717, 1.165) is 27.3 Å². The van der Waals surface area contributed by atoms with Gasteiger partial charge in [0.1, 0.15) is 16.2 Å². The van der Waals surface area contributed by atoms with Gasteiger partial charge in [0.05, 0.1) is 6.54 Å². The molecule has 0 aliphatic carbocycles. The van der Waals surface area contributed by atoms with Crippen molar-refractivity contribution in [1.82, 2.24) is 9.97 Å². The average molecular weight is 391 g/mol. The molecule has 0 unspecified atom stereocenters. The highest BCUT2D eigenvalue weighted by atomic mass is 79.9. The van der Waals surface area contributed by atoms with E-state index in [1.807, 2.05) is 6.07 Å². The van der Waals surface area contributed by atoms with Crippen molar-refractivity contribution in [2.75, 3.05) is 5.32 Å². The molecular weight excluding hydrogens is 378 g/mol. The molecule has 2 heterocycles. The van der Waals surface area contributed by atoms with Gasteiger partial charge in [-0.25, -0.2) is 9.97 Å². The molecule has 0 radical (unpaired) electrons. The van der Waals surface area contributed by atoms with E-state index < -0.39 is 0 Å². The van der Waals surface area contributed by atoms with E-state index in [0.29, 0.717) is 5.92 Å². The van der Waals surface area contributed by atoms with Gasteiger partial charge in [0, 0.05) is 26.7 Å². The Morgan fingerprint density at radius 1 is 1.28 bits per heavy atom. The third-order valence-corrected chi connectivity index (χ3v) is 4.40. The van der Waals surface area contributed by atoms with Gasteiger partial charge in [0.15, 0.2) is 0 Å². The van der Waals surface area contributed by atoms with E-state index >= 15 is 0 Å². The Kier molecular flexibility index (Phi) is 4.75. The number of nitrogens with zero attached hydrogens (tertiary/aromatic N) is 2. The number of hydrogen-bond acceptors (Lipinski definition) is 4. The van der Waals surface area contributed by atoms with Crippen LogP contribution in [0.1, 0.15) is 30.5 Å². The molecule has 2 aromatic heterocycles. The molecule has 6 heteroatoms. The predicted octanol–water partition coefficient (Wildman–Crippen LogP) is 4.80. The van der Waals surface area contributed by atoms with Crippen LogP contribution in [0, 0.1) is 0 Å². The molecule has 0 bridgehead atoms. The number of aromatic nitrogens is 2. The zero-order valence-corrected chi connectivity index (χ0v) is 14.1. The maximum atomic E-state index is 4.50. The van der Waals surface area contributed by atoms with Crippen molar-refractivity contribution < 1.29 is 0 Å². The number of thiophene rings is 1. The zero-order chi connectivity index (χ0) is 13.1. The van der Waals surface area contributed by atoms with Crippen molar-refractivity contribution >= 4 is 49.0 Å². The van der Waals surface area contributed by atoms with Crippen LogP contribution in [0.3, 0.4) is 0 Å². The topological polar surface area (TPSA) is 37.8 Å². The summed E-state index contributed by atoms with van der Waals surface area (Å²) in [5.41, 5.74) is 0. The highest BCUT2D eigenvalue weighted by Gasteiger charge is 2.07. The second-order valence-electron chi connectivity index (χ2n) is 4.17. The lowest BCUT2D eigenvalue weighted by molar-refractivity contribution is 0.769. The van der Waals surface area contributed by atoms with E-state index in [-0.39, 0.29) is 0 Å². The minimum atomic E-state index is 0.318. The number of rotatable bonds is 4. The molecule has 2 aromatic rings. The number of halogens is 2. The van der Waals surface area contributed by atoms with Crippen LogP contribution in [0.4, 0.5) is 5.82 Å². The van der Waals surface area contributed by atoms with Crippen LogP contribution < -0.4 is 5.32 Å². The van der Waals surface area contributed by atoms with E-state index in [9.17, 15) is 0 Å². The highest BCUT2D eigenvalue weighted by Crippen LogP contribution is 2.22. The molecule has 1 N–H and O–H groups in total. The summed E-state index contributed by atoms with van der Waals surface area (Å²) in [4.78, 5) is 10.1. The first kappa shape index (κ1) is 14.0. The summed E-state index contributed by atoms with van der Waals surface area (Å²) in [5.74, 6) is 2.02. The maximum absolute atomic E-state index is 4.50. The van der Waals surface area contributed by atoms with Gasteiger partial charge in [-0.2, -0.15) is 0 Å². The SMILES string of the molecule is CC(C)c1nc(Br)cc(NCc2cc(Br)cs2)n1. The van der Waals surface area contributed by atoms with Gasteiger partial charge >= 0.3 is 0 Å². The summed E-state index contributed by atoms with van der Waals surface area (Å²) in [6, 6.07) is 4.01. The lowest BCUT2D eigenvalue weighted by Crippen LogP contribution is -2.05. The fourth-order valence-corrected chi connectivity index (χ4v) is 3.20. The van der Waals surface area contributed by atoms with Crippen molar-refractivity contribution in [1.29, 1.82) is 0 Å². The van der Waals surface area contributed by atoms with Crippen LogP contribution in [0.2, 0.25) is 0 Å². The van der Waals surface area contributed by atoms with Crippen molar-refractivity contribution in [3.63, 3.8) is 0 Å². The molecule has 18 heavy (non-hydrogen) atoms. The van der Waals surface area contributed by atoms with Crippen molar-refractivity contribution in [2.24, 2.45) is 0 Å². The summed E-state index contributed by atoms with van der Waals surface area (Å²) in [6.07, 6.45) is 0. The van der Waals surface area contributed by atoms with Crippen LogP contribution in [0.15, 0.2) is 26.6 Å². The van der Waals surface area contributed by atoms with Crippen molar-refractivity contribution in [2.45, 2.75) is 26.3 Å². The van der Waals surface area contributed by atoms with Crippen LogP contribution in [-0.4, -0.2) is 9.97 Å². The Morgan fingerprint density at radius 2 is 2.06 bits per heavy atom. The first-order valence-electron chi connectivity index (χ1n) is 5.56. The molecule has 0 spiro atoms. The third-order valence-electron chi connectivity index (χ3n) is 2.29. The molecule has 96 valence electrons. The minimum absolute atomic E-state index is 0.318. The van der Waals surface area contributed by atoms with Gasteiger partial charge in [0.2, 0.25) is 0 Å². The Morgan fingerprint density at radius 3 is 2.67 bits per heavy atom. The Hall–Kier alpha value is -0.460. The minimum Gasteiger partial charge on any atom is -0.365 e. The summed E-state index contributed by atoms with van der Waals surface area (Å²) >= 11 is 8.58. The van der Waals surface area contributed by atoms with Crippen LogP contribution >= 0.6 is 43.2 Å². The van der Waals surface area contributed by atoms with Crippen LogP contribution in [0.5, 0.6) is 0 Å². The molecular formula is C12H13Br2N3S. The van der Waals surface area contributed by atoms with Gasteiger partial charge in [-0.05, 0) is 37.9 Å². The molecule has 0 aliphatic rings. The first-order valence-corrected chi connectivity index (χ1v) is 8.02. The zero-order valence-electron chi connectivity index (χ0n) is 10.1. The van der Waals surface area contributed by atoms with Gasteiger partial charge in [-0.3, -0.25) is 0 Å². The molecule has 0 aromatic carbocycles. The van der Waals surface area contributed by atoms with Gasteiger partial charge in [0.25, 0.3) is 0 Å². The smallest absolute Gasteiger partial charge is 0.134 e. The first-order chi connectivity index (χ1) is 8.54. The van der Waals surface area contributed by atoms with E-state index in [4.69, 9.17) is 0 Å². The van der Waals surface area contributed by atoms with Crippen LogP contribution in [-0.2, 0) is 6.54 Å². The van der Waals surface area contributed by atoms with Gasteiger partial charge < -0.3 is 5.32 Å². The monoisotopic (exact) mass is 389 g/mol. The van der Waals surface area contributed by atoms with Gasteiger partial charge in [-0.15, -0.1) is 11.3 Å². The largest absolute Gasteiger partial charge is 0.365 e. The Balaban J connectivity index is 2.09. The van der Waals surface area contributed by atoms with Crippen molar-refractivity contribution in [3.8, 4) is 0 Å². The van der Waals surface area contributed by atoms with E-state index in [1.165, 1.54) is 4.88 Å². The van der Waals surface area contributed by atoms with E-state index in [2.05, 4.69) is 72.4 Å². The lowest BCUT2D eigenvalue weighted by Gasteiger charge is -2.08. The third kappa shape index (κ3) is 3.76. The summed E-state index contributed by atoms with van der Waals surface area (Å²) in [5, 5.41) is 5.39. The second kappa shape index (κ2) is 6.12.